The van der Waals surface area contributed by atoms with Gasteiger partial charge in [0.2, 0.25) is 5.82 Å². The predicted octanol–water partition coefficient (Wildman–Crippen LogP) is 2.75. The molecule has 0 unspecified atom stereocenters. The molecule has 7 heteroatoms. The average molecular weight is 290 g/mol. The van der Waals surface area contributed by atoms with Gasteiger partial charge in [0.15, 0.2) is 6.61 Å². The van der Waals surface area contributed by atoms with Crippen molar-refractivity contribution in [3.63, 3.8) is 0 Å². The van der Waals surface area contributed by atoms with Crippen LogP contribution < -0.4 is 10.1 Å². The van der Waals surface area contributed by atoms with Crippen molar-refractivity contribution in [1.82, 2.24) is 0 Å². The maximum absolute atomic E-state index is 13.1. The molecule has 0 radical (unpaired) electrons. The highest BCUT2D eigenvalue weighted by molar-refractivity contribution is 5.92. The molecular weight excluding hydrogens is 279 g/mol. The molecule has 0 atom stereocenters. The van der Waals surface area contributed by atoms with Crippen LogP contribution in [-0.4, -0.2) is 17.4 Å². The SMILES string of the molecule is O=C(COc1ccccc1)Nc1ccc(F)c([N+](=O)[O-])c1. The van der Waals surface area contributed by atoms with Crippen LogP contribution in [0.5, 0.6) is 5.75 Å². The monoisotopic (exact) mass is 290 g/mol. The van der Waals surface area contributed by atoms with Gasteiger partial charge in [0, 0.05) is 11.8 Å². The molecule has 0 aliphatic heterocycles. The summed E-state index contributed by atoms with van der Waals surface area (Å²) in [5.74, 6) is -0.934. The van der Waals surface area contributed by atoms with Crippen LogP contribution in [0.2, 0.25) is 0 Å². The summed E-state index contributed by atoms with van der Waals surface area (Å²) in [6.45, 7) is -0.255. The Morgan fingerprint density at radius 2 is 1.95 bits per heavy atom. The van der Waals surface area contributed by atoms with Gasteiger partial charge in [-0.15, -0.1) is 0 Å². The van der Waals surface area contributed by atoms with Gasteiger partial charge in [0.25, 0.3) is 5.91 Å². The van der Waals surface area contributed by atoms with Crippen molar-refractivity contribution >= 4 is 17.3 Å². The number of nitrogens with one attached hydrogen (secondary N) is 1. The lowest BCUT2D eigenvalue weighted by atomic mass is 10.2. The van der Waals surface area contributed by atoms with E-state index in [4.69, 9.17) is 4.74 Å². The first-order valence-electron chi connectivity index (χ1n) is 5.98. The predicted molar refractivity (Wildman–Crippen MR) is 73.6 cm³/mol. The van der Waals surface area contributed by atoms with Gasteiger partial charge in [-0.2, -0.15) is 4.39 Å². The molecule has 0 fully saturated rings. The molecule has 6 nitrogen and oxygen atoms in total. The van der Waals surface area contributed by atoms with Crippen LogP contribution in [0.1, 0.15) is 0 Å². The smallest absolute Gasteiger partial charge is 0.306 e. The number of rotatable bonds is 5. The van der Waals surface area contributed by atoms with Crippen molar-refractivity contribution < 1.29 is 18.8 Å². The van der Waals surface area contributed by atoms with Crippen molar-refractivity contribution in [2.75, 3.05) is 11.9 Å². The Morgan fingerprint density at radius 1 is 1.24 bits per heavy atom. The number of nitro groups is 1. The highest BCUT2D eigenvalue weighted by Crippen LogP contribution is 2.21. The van der Waals surface area contributed by atoms with Crippen LogP contribution in [-0.2, 0) is 4.79 Å². The molecule has 21 heavy (non-hydrogen) atoms. The first-order valence-corrected chi connectivity index (χ1v) is 5.98. The molecule has 0 spiro atoms. The van der Waals surface area contributed by atoms with E-state index in [0.29, 0.717) is 5.75 Å². The topological polar surface area (TPSA) is 81.5 Å². The summed E-state index contributed by atoms with van der Waals surface area (Å²) in [6, 6.07) is 11.8. The average Bonchev–Trinajstić information content (AvgIpc) is 2.48. The quantitative estimate of drug-likeness (QED) is 0.678. The number of amides is 1. The highest BCUT2D eigenvalue weighted by Gasteiger charge is 2.15. The van der Waals surface area contributed by atoms with Crippen LogP contribution in [0.3, 0.4) is 0 Å². The minimum absolute atomic E-state index is 0.129. The number of nitrogens with zero attached hydrogens (tertiary/aromatic N) is 1. The zero-order valence-corrected chi connectivity index (χ0v) is 10.8. The number of carbonyl (C=O) groups is 1. The minimum Gasteiger partial charge on any atom is -0.484 e. The van der Waals surface area contributed by atoms with E-state index in [2.05, 4.69) is 5.32 Å². The van der Waals surface area contributed by atoms with Gasteiger partial charge in [0.05, 0.1) is 4.92 Å². The van der Waals surface area contributed by atoms with E-state index >= 15 is 0 Å². The molecule has 0 saturated heterocycles. The summed E-state index contributed by atoms with van der Waals surface area (Å²) in [5, 5.41) is 13.0. The van der Waals surface area contributed by atoms with Gasteiger partial charge < -0.3 is 10.1 Å². The van der Waals surface area contributed by atoms with Gasteiger partial charge in [-0.25, -0.2) is 0 Å². The van der Waals surface area contributed by atoms with E-state index in [1.165, 1.54) is 6.07 Å². The first kappa shape index (κ1) is 14.4. The molecule has 1 N–H and O–H groups in total. The first-order chi connectivity index (χ1) is 10.1. The van der Waals surface area contributed by atoms with Crippen molar-refractivity contribution in [3.05, 3.63) is 64.5 Å². The molecule has 0 aromatic heterocycles. The second-order valence-electron chi connectivity index (χ2n) is 4.07. The van der Waals surface area contributed by atoms with E-state index in [-0.39, 0.29) is 12.3 Å². The second kappa shape index (κ2) is 6.47. The second-order valence-corrected chi connectivity index (χ2v) is 4.07. The summed E-state index contributed by atoms with van der Waals surface area (Å²) in [7, 11) is 0. The van der Waals surface area contributed by atoms with E-state index in [9.17, 15) is 19.3 Å². The Bertz CT molecular complexity index is 661. The number of benzene rings is 2. The molecule has 0 aliphatic carbocycles. The Balaban J connectivity index is 1.97. The maximum Gasteiger partial charge on any atom is 0.306 e. The molecule has 0 bridgehead atoms. The normalized spacial score (nSPS) is 9.95. The van der Waals surface area contributed by atoms with E-state index in [1.54, 1.807) is 24.3 Å². The third-order valence-electron chi connectivity index (χ3n) is 2.54. The zero-order chi connectivity index (χ0) is 15.2. The highest BCUT2D eigenvalue weighted by atomic mass is 19.1. The number of para-hydroxylation sites is 1. The van der Waals surface area contributed by atoms with Crippen molar-refractivity contribution in [2.45, 2.75) is 0 Å². The molecule has 0 saturated carbocycles. The number of ether oxygens (including phenoxy) is 1. The largest absolute Gasteiger partial charge is 0.484 e. The molecule has 0 heterocycles. The molecule has 108 valence electrons. The summed E-state index contributed by atoms with van der Waals surface area (Å²) >= 11 is 0. The summed E-state index contributed by atoms with van der Waals surface area (Å²) in [4.78, 5) is 21.4. The zero-order valence-electron chi connectivity index (χ0n) is 10.8. The number of carbonyl (C=O) groups excluding carboxylic acids is 1. The molecule has 2 aromatic carbocycles. The third-order valence-corrected chi connectivity index (χ3v) is 2.54. The molecule has 0 aliphatic rings. The van der Waals surface area contributed by atoms with Crippen LogP contribution >= 0.6 is 0 Å². The molecular formula is C14H11FN2O4. The van der Waals surface area contributed by atoms with Crippen LogP contribution in [0.15, 0.2) is 48.5 Å². The van der Waals surface area contributed by atoms with Crippen LogP contribution in [0, 0.1) is 15.9 Å². The summed E-state index contributed by atoms with van der Waals surface area (Å²) in [6.07, 6.45) is 0. The Labute approximate surface area is 119 Å². The fourth-order valence-corrected chi connectivity index (χ4v) is 1.59. The van der Waals surface area contributed by atoms with Crippen molar-refractivity contribution in [1.29, 1.82) is 0 Å². The number of nitro benzene ring substituents is 1. The minimum atomic E-state index is -0.960. The van der Waals surface area contributed by atoms with Crippen molar-refractivity contribution in [3.8, 4) is 5.75 Å². The molecule has 2 rings (SSSR count). The van der Waals surface area contributed by atoms with Gasteiger partial charge >= 0.3 is 5.69 Å². The number of hydrogen-bond donors (Lipinski definition) is 1. The van der Waals surface area contributed by atoms with Crippen molar-refractivity contribution in [2.24, 2.45) is 0 Å². The van der Waals surface area contributed by atoms with E-state index in [0.717, 1.165) is 12.1 Å². The third kappa shape index (κ3) is 4.00. The lowest BCUT2D eigenvalue weighted by Crippen LogP contribution is -2.20. The van der Waals surface area contributed by atoms with E-state index in [1.807, 2.05) is 6.07 Å². The number of halogens is 1. The fraction of sp³-hybridized carbons (Fsp3) is 0.0714. The molecule has 1 amide bonds. The number of anilines is 1. The van der Waals surface area contributed by atoms with Crippen LogP contribution in [0.4, 0.5) is 15.8 Å². The molecule has 2 aromatic rings. The lowest BCUT2D eigenvalue weighted by molar-refractivity contribution is -0.387. The van der Waals surface area contributed by atoms with E-state index < -0.39 is 22.3 Å². The fourth-order valence-electron chi connectivity index (χ4n) is 1.59. The lowest BCUT2D eigenvalue weighted by Gasteiger charge is -2.07. The Hall–Kier alpha value is -2.96. The summed E-state index contributed by atoms with van der Waals surface area (Å²) < 4.78 is 18.4. The van der Waals surface area contributed by atoms with Gasteiger partial charge in [-0.1, -0.05) is 18.2 Å². The Kier molecular flexibility index (Phi) is 4.45. The van der Waals surface area contributed by atoms with Crippen LogP contribution in [0.25, 0.3) is 0 Å². The number of hydrogen-bond acceptors (Lipinski definition) is 4. The van der Waals surface area contributed by atoms with Gasteiger partial charge in [-0.3, -0.25) is 14.9 Å². The maximum atomic E-state index is 13.1. The Morgan fingerprint density at radius 3 is 2.62 bits per heavy atom. The standard InChI is InChI=1S/C14H11FN2O4/c15-12-7-6-10(8-13(12)17(19)20)16-14(18)9-21-11-4-2-1-3-5-11/h1-8H,9H2,(H,16,18). The summed E-state index contributed by atoms with van der Waals surface area (Å²) in [5.41, 5.74) is -0.568. The van der Waals surface area contributed by atoms with Gasteiger partial charge in [-0.05, 0) is 24.3 Å². The van der Waals surface area contributed by atoms with Gasteiger partial charge in [0.1, 0.15) is 5.75 Å².